The number of nitrogens with one attached hydrogen (secondary N) is 1. The van der Waals surface area contributed by atoms with Gasteiger partial charge in [-0.25, -0.2) is 8.42 Å². The molecule has 2 atom stereocenters. The van der Waals surface area contributed by atoms with Crippen LogP contribution in [0, 0.1) is 0 Å². The molecule has 244 valence electrons. The van der Waals surface area contributed by atoms with Gasteiger partial charge in [0.1, 0.15) is 24.1 Å². The first-order valence-corrected chi connectivity index (χ1v) is 16.0. The number of carbonyl (C=O) groups is 2. The summed E-state index contributed by atoms with van der Waals surface area (Å²) in [5.74, 6) is 0.179. The molecule has 1 N–H and O–H groups in total. The summed E-state index contributed by atoms with van der Waals surface area (Å²) in [6.07, 6.45) is 1.17. The minimum atomic E-state index is -4.42. The van der Waals surface area contributed by atoms with Crippen molar-refractivity contribution < 1.29 is 37.0 Å². The van der Waals surface area contributed by atoms with E-state index in [2.05, 4.69) is 5.32 Å². The van der Waals surface area contributed by atoms with Gasteiger partial charge in [0.05, 0.1) is 39.0 Å². The van der Waals surface area contributed by atoms with Gasteiger partial charge in [-0.15, -0.1) is 0 Å². The maximum absolute atomic E-state index is 14.4. The van der Waals surface area contributed by atoms with E-state index in [4.69, 9.17) is 18.9 Å². The molecule has 3 rings (SSSR count). The molecule has 0 heterocycles. The van der Waals surface area contributed by atoms with E-state index in [0.29, 0.717) is 24.3 Å². The summed E-state index contributed by atoms with van der Waals surface area (Å²) in [5.41, 5.74) is 1.05. The SMILES string of the molecule is CC[C@@H](C)NC(=O)[C@H](C)N(CCc1ccccc1)C(=O)CN(c1cc(OC)ccc1OC)S(=O)(=O)c1ccc(OC)c(OC)c1. The predicted octanol–water partition coefficient (Wildman–Crippen LogP) is 4.29. The molecule has 0 aromatic heterocycles. The van der Waals surface area contributed by atoms with E-state index in [9.17, 15) is 18.0 Å². The fourth-order valence-electron chi connectivity index (χ4n) is 4.64. The number of methoxy groups -OCH3 is 4. The highest BCUT2D eigenvalue weighted by Crippen LogP contribution is 2.37. The molecular formula is C33H43N3O8S. The second-order valence-electron chi connectivity index (χ2n) is 10.4. The number of rotatable bonds is 16. The highest BCUT2D eigenvalue weighted by Gasteiger charge is 2.34. The number of nitrogens with zero attached hydrogens (tertiary/aromatic N) is 2. The number of amides is 2. The van der Waals surface area contributed by atoms with Gasteiger partial charge in [-0.1, -0.05) is 37.3 Å². The summed E-state index contributed by atoms with van der Waals surface area (Å²) in [7, 11) is 1.28. The average molecular weight is 642 g/mol. The molecule has 0 unspecified atom stereocenters. The van der Waals surface area contributed by atoms with Gasteiger partial charge in [0.25, 0.3) is 10.0 Å². The van der Waals surface area contributed by atoms with Crippen LogP contribution >= 0.6 is 0 Å². The minimum Gasteiger partial charge on any atom is -0.497 e. The quantitative estimate of drug-likeness (QED) is 0.246. The number of anilines is 1. The summed E-state index contributed by atoms with van der Waals surface area (Å²) in [4.78, 5) is 28.8. The molecule has 0 spiro atoms. The van der Waals surface area contributed by atoms with Gasteiger partial charge in [-0.2, -0.15) is 0 Å². The standard InChI is InChI=1S/C33H43N3O8S/c1-8-23(2)34-33(38)24(3)35(19-18-25-12-10-9-11-13-25)32(37)22-36(28-20-26(41-4)14-16-29(28)42-5)45(39,40)27-15-17-30(43-6)31(21-27)44-7/h9-17,20-21,23-24H,8,18-19,22H2,1-7H3,(H,34,38)/t23-,24+/m1/s1. The molecular weight excluding hydrogens is 598 g/mol. The van der Waals surface area contributed by atoms with Gasteiger partial charge in [0.2, 0.25) is 11.8 Å². The molecule has 0 saturated heterocycles. The molecule has 0 saturated carbocycles. The summed E-state index contributed by atoms with van der Waals surface area (Å²) in [5, 5.41) is 2.93. The van der Waals surface area contributed by atoms with Crippen LogP contribution in [-0.4, -0.2) is 78.7 Å². The smallest absolute Gasteiger partial charge is 0.265 e. The number of hydrogen-bond acceptors (Lipinski definition) is 8. The number of benzene rings is 3. The lowest BCUT2D eigenvalue weighted by molar-refractivity contribution is -0.139. The van der Waals surface area contributed by atoms with Crippen LogP contribution in [-0.2, 0) is 26.0 Å². The minimum absolute atomic E-state index is 0.0831. The van der Waals surface area contributed by atoms with E-state index in [1.165, 1.54) is 57.6 Å². The maximum atomic E-state index is 14.4. The predicted molar refractivity (Wildman–Crippen MR) is 173 cm³/mol. The molecule has 0 aliphatic rings. The number of carbonyl (C=O) groups excluding carboxylic acids is 2. The molecule has 0 radical (unpaired) electrons. The molecule has 12 heteroatoms. The Hall–Kier alpha value is -4.45. The molecule has 0 fully saturated rings. The van der Waals surface area contributed by atoms with Crippen LogP contribution in [0.3, 0.4) is 0 Å². The second-order valence-corrected chi connectivity index (χ2v) is 12.2. The van der Waals surface area contributed by atoms with Crippen molar-refractivity contribution in [3.05, 3.63) is 72.3 Å². The largest absolute Gasteiger partial charge is 0.497 e. The van der Waals surface area contributed by atoms with Crippen molar-refractivity contribution in [3.8, 4) is 23.0 Å². The monoisotopic (exact) mass is 641 g/mol. The summed E-state index contributed by atoms with van der Waals surface area (Å²) < 4.78 is 51.3. The Bertz CT molecular complexity index is 1550. The molecule has 45 heavy (non-hydrogen) atoms. The topological polar surface area (TPSA) is 124 Å². The molecule has 0 aliphatic heterocycles. The number of sulfonamides is 1. The van der Waals surface area contributed by atoms with Crippen LogP contribution in [0.15, 0.2) is 71.6 Å². The van der Waals surface area contributed by atoms with Gasteiger partial charge in [0.15, 0.2) is 11.5 Å². The zero-order chi connectivity index (χ0) is 33.1. The first-order valence-electron chi connectivity index (χ1n) is 14.6. The van der Waals surface area contributed by atoms with Crippen LogP contribution in [0.25, 0.3) is 0 Å². The summed E-state index contributed by atoms with van der Waals surface area (Å²) >= 11 is 0. The zero-order valence-electron chi connectivity index (χ0n) is 26.9. The van der Waals surface area contributed by atoms with Crippen molar-refractivity contribution in [2.45, 2.75) is 50.6 Å². The van der Waals surface area contributed by atoms with Crippen LogP contribution < -0.4 is 28.6 Å². The molecule has 2 amide bonds. The van der Waals surface area contributed by atoms with Gasteiger partial charge in [0, 0.05) is 24.7 Å². The van der Waals surface area contributed by atoms with Gasteiger partial charge < -0.3 is 29.2 Å². The Balaban J connectivity index is 2.12. The van der Waals surface area contributed by atoms with Gasteiger partial charge in [-0.3, -0.25) is 13.9 Å². The molecule has 0 aliphatic carbocycles. The normalized spacial score (nSPS) is 12.4. The molecule has 11 nitrogen and oxygen atoms in total. The van der Waals surface area contributed by atoms with Crippen LogP contribution in [0.4, 0.5) is 5.69 Å². The lowest BCUT2D eigenvalue weighted by Gasteiger charge is -2.33. The Morgan fingerprint density at radius 1 is 0.822 bits per heavy atom. The number of hydrogen-bond donors (Lipinski definition) is 1. The number of ether oxygens (including phenoxy) is 4. The van der Waals surface area contributed by atoms with E-state index >= 15 is 0 Å². The fraction of sp³-hybridized carbons (Fsp3) is 0.394. The van der Waals surface area contributed by atoms with Crippen molar-refractivity contribution in [2.75, 3.05) is 45.8 Å². The van der Waals surface area contributed by atoms with Crippen molar-refractivity contribution in [3.63, 3.8) is 0 Å². The Kier molecular flexibility index (Phi) is 12.5. The van der Waals surface area contributed by atoms with E-state index in [0.717, 1.165) is 9.87 Å². The lowest BCUT2D eigenvalue weighted by Crippen LogP contribution is -2.53. The van der Waals surface area contributed by atoms with E-state index in [1.807, 2.05) is 44.2 Å². The first kappa shape index (κ1) is 35.0. The summed E-state index contributed by atoms with van der Waals surface area (Å²) in [6, 6.07) is 17.4. The van der Waals surface area contributed by atoms with Gasteiger partial charge >= 0.3 is 0 Å². The zero-order valence-corrected chi connectivity index (χ0v) is 27.7. The van der Waals surface area contributed by atoms with Crippen LogP contribution in [0.5, 0.6) is 23.0 Å². The third kappa shape index (κ3) is 8.59. The van der Waals surface area contributed by atoms with E-state index in [1.54, 1.807) is 19.1 Å². The molecule has 3 aromatic carbocycles. The third-order valence-electron chi connectivity index (χ3n) is 7.53. The first-order chi connectivity index (χ1) is 21.5. The molecule has 0 bridgehead atoms. The second kappa shape index (κ2) is 16.0. The van der Waals surface area contributed by atoms with E-state index in [-0.39, 0.29) is 40.6 Å². The Labute approximate surface area is 266 Å². The van der Waals surface area contributed by atoms with Crippen LogP contribution in [0.2, 0.25) is 0 Å². The molecule has 3 aromatic rings. The van der Waals surface area contributed by atoms with Crippen LogP contribution in [0.1, 0.15) is 32.8 Å². The Morgan fingerprint density at radius 3 is 2.07 bits per heavy atom. The van der Waals surface area contributed by atoms with Crippen molar-refractivity contribution in [1.82, 2.24) is 10.2 Å². The highest BCUT2D eigenvalue weighted by molar-refractivity contribution is 7.92. The average Bonchev–Trinajstić information content (AvgIpc) is 3.06. The van der Waals surface area contributed by atoms with Gasteiger partial charge in [-0.05, 0) is 56.5 Å². The summed E-state index contributed by atoms with van der Waals surface area (Å²) in [6.45, 7) is 5.02. The maximum Gasteiger partial charge on any atom is 0.265 e. The van der Waals surface area contributed by atoms with E-state index < -0.39 is 28.5 Å². The lowest BCUT2D eigenvalue weighted by atomic mass is 10.1. The fourth-order valence-corrected chi connectivity index (χ4v) is 6.08. The Morgan fingerprint density at radius 2 is 1.47 bits per heavy atom. The highest BCUT2D eigenvalue weighted by atomic mass is 32.2. The third-order valence-corrected chi connectivity index (χ3v) is 9.28. The van der Waals surface area contributed by atoms with Crippen molar-refractivity contribution in [1.29, 1.82) is 0 Å². The van der Waals surface area contributed by atoms with Crippen molar-refractivity contribution in [2.24, 2.45) is 0 Å². The van der Waals surface area contributed by atoms with Crippen molar-refractivity contribution >= 4 is 27.5 Å².